The number of carbonyl (C=O) groups is 2. The molecule has 2 amide bonds. The van der Waals surface area contributed by atoms with Gasteiger partial charge >= 0.3 is 0 Å². The number of hydrazine groups is 1. The van der Waals surface area contributed by atoms with E-state index in [1.807, 2.05) is 0 Å². The van der Waals surface area contributed by atoms with E-state index in [4.69, 9.17) is 0 Å². The number of nitrogens with one attached hydrogen (secondary N) is 2. The van der Waals surface area contributed by atoms with Crippen molar-refractivity contribution < 1.29 is 9.59 Å². The molecule has 0 aliphatic heterocycles. The summed E-state index contributed by atoms with van der Waals surface area (Å²) in [5, 5.41) is 0. The van der Waals surface area contributed by atoms with Crippen LogP contribution in [0, 0.1) is 0 Å². The third kappa shape index (κ3) is 3.67. The highest BCUT2D eigenvalue weighted by Crippen LogP contribution is 2.06. The van der Waals surface area contributed by atoms with Crippen molar-refractivity contribution in [1.29, 1.82) is 0 Å². The van der Waals surface area contributed by atoms with E-state index >= 15 is 0 Å². The fraction of sp³-hybridized carbons (Fsp3) is 0.222. The smallest absolute Gasteiger partial charge is 0.273 e. The molecule has 6 heteroatoms. The topological polar surface area (TPSA) is 71.1 Å². The van der Waals surface area contributed by atoms with Crippen molar-refractivity contribution in [3.63, 3.8) is 0 Å². The van der Waals surface area contributed by atoms with E-state index in [0.717, 1.165) is 4.47 Å². The van der Waals surface area contributed by atoms with Crippen molar-refractivity contribution in [3.8, 4) is 0 Å². The van der Waals surface area contributed by atoms with Gasteiger partial charge in [-0.1, -0.05) is 6.92 Å². The average Bonchev–Trinajstić information content (AvgIpc) is 2.26. The van der Waals surface area contributed by atoms with E-state index in [9.17, 15) is 9.59 Å². The summed E-state index contributed by atoms with van der Waals surface area (Å²) in [5.74, 6) is -0.690. The van der Waals surface area contributed by atoms with E-state index < -0.39 is 5.91 Å². The third-order valence-corrected chi connectivity index (χ3v) is 2.07. The number of halogens is 1. The van der Waals surface area contributed by atoms with Gasteiger partial charge in [-0.3, -0.25) is 20.4 Å². The van der Waals surface area contributed by atoms with Gasteiger partial charge in [-0.2, -0.15) is 0 Å². The Morgan fingerprint density at radius 1 is 1.40 bits per heavy atom. The van der Waals surface area contributed by atoms with Crippen molar-refractivity contribution in [1.82, 2.24) is 15.8 Å². The van der Waals surface area contributed by atoms with Gasteiger partial charge in [0.1, 0.15) is 5.69 Å². The second kappa shape index (κ2) is 5.45. The van der Waals surface area contributed by atoms with Crippen LogP contribution in [-0.2, 0) is 4.79 Å². The Balaban J connectivity index is 2.54. The number of nitrogens with zero attached hydrogens (tertiary/aromatic N) is 1. The summed E-state index contributed by atoms with van der Waals surface area (Å²) in [7, 11) is 0. The normalized spacial score (nSPS) is 9.47. The van der Waals surface area contributed by atoms with Crippen LogP contribution in [0.3, 0.4) is 0 Å². The van der Waals surface area contributed by atoms with Crippen molar-refractivity contribution in [2.45, 2.75) is 13.3 Å². The Bertz CT molecular complexity index is 364. The van der Waals surface area contributed by atoms with Crippen LogP contribution < -0.4 is 10.9 Å². The van der Waals surface area contributed by atoms with Crippen LogP contribution in [0.25, 0.3) is 0 Å². The van der Waals surface area contributed by atoms with Crippen LogP contribution in [0.5, 0.6) is 0 Å². The molecule has 1 aromatic heterocycles. The van der Waals surface area contributed by atoms with Crippen LogP contribution in [0.2, 0.25) is 0 Å². The summed E-state index contributed by atoms with van der Waals surface area (Å²) in [6.07, 6.45) is 1.82. The van der Waals surface area contributed by atoms with Crippen molar-refractivity contribution >= 4 is 27.7 Å². The number of aromatic nitrogens is 1. The zero-order valence-electron chi connectivity index (χ0n) is 8.08. The van der Waals surface area contributed by atoms with Crippen molar-refractivity contribution in [2.75, 3.05) is 0 Å². The Morgan fingerprint density at radius 3 is 2.67 bits per heavy atom. The molecule has 0 fully saturated rings. The largest absolute Gasteiger partial charge is 0.288 e. The molecule has 1 rings (SSSR count). The minimum Gasteiger partial charge on any atom is -0.273 e. The standard InChI is InChI=1S/C9H10BrN3O2/c1-2-8(14)12-13-9(15)7-4-3-6(10)5-11-7/h3-5H,2H2,1H3,(H,12,14)(H,13,15). The SMILES string of the molecule is CCC(=O)NNC(=O)c1ccc(Br)cn1. The summed E-state index contributed by atoms with van der Waals surface area (Å²) in [4.78, 5) is 26.1. The minimum atomic E-state index is -0.440. The fourth-order valence-electron chi connectivity index (χ4n) is 0.789. The lowest BCUT2D eigenvalue weighted by molar-refractivity contribution is -0.121. The molecule has 0 atom stereocenters. The van der Waals surface area contributed by atoms with Gasteiger partial charge in [0.2, 0.25) is 5.91 Å². The van der Waals surface area contributed by atoms with Crippen LogP contribution in [0.4, 0.5) is 0 Å². The first kappa shape index (κ1) is 11.6. The Morgan fingerprint density at radius 2 is 2.13 bits per heavy atom. The molecule has 80 valence electrons. The van der Waals surface area contributed by atoms with Crippen LogP contribution in [-0.4, -0.2) is 16.8 Å². The summed E-state index contributed by atoms with van der Waals surface area (Å²) >= 11 is 3.20. The summed E-state index contributed by atoms with van der Waals surface area (Å²) in [6.45, 7) is 1.69. The fourth-order valence-corrected chi connectivity index (χ4v) is 1.02. The first-order chi connectivity index (χ1) is 7.13. The lowest BCUT2D eigenvalue weighted by Gasteiger charge is -2.04. The number of pyridine rings is 1. The molecule has 0 saturated heterocycles. The zero-order chi connectivity index (χ0) is 11.3. The number of carbonyl (C=O) groups excluding carboxylic acids is 2. The van der Waals surface area contributed by atoms with E-state index in [0.29, 0.717) is 6.42 Å². The molecule has 0 aliphatic rings. The van der Waals surface area contributed by atoms with Crippen LogP contribution in [0.15, 0.2) is 22.8 Å². The van der Waals surface area contributed by atoms with Gasteiger partial charge in [0.25, 0.3) is 5.91 Å². The van der Waals surface area contributed by atoms with E-state index in [2.05, 4.69) is 31.8 Å². The highest BCUT2D eigenvalue weighted by Gasteiger charge is 2.06. The Hall–Kier alpha value is -1.43. The molecule has 15 heavy (non-hydrogen) atoms. The predicted octanol–water partition coefficient (Wildman–Crippen LogP) is 1.02. The quantitative estimate of drug-likeness (QED) is 0.789. The summed E-state index contributed by atoms with van der Waals surface area (Å²) in [5.41, 5.74) is 4.75. The Labute approximate surface area is 95.4 Å². The summed E-state index contributed by atoms with van der Waals surface area (Å²) in [6, 6.07) is 3.25. The summed E-state index contributed by atoms with van der Waals surface area (Å²) < 4.78 is 0.789. The van der Waals surface area contributed by atoms with Gasteiger partial charge in [0, 0.05) is 17.1 Å². The zero-order valence-corrected chi connectivity index (χ0v) is 9.67. The van der Waals surface area contributed by atoms with Gasteiger partial charge in [-0.15, -0.1) is 0 Å². The monoisotopic (exact) mass is 271 g/mol. The van der Waals surface area contributed by atoms with Crippen molar-refractivity contribution in [3.05, 3.63) is 28.5 Å². The number of hydrogen-bond donors (Lipinski definition) is 2. The molecular weight excluding hydrogens is 262 g/mol. The van der Waals surface area contributed by atoms with E-state index in [1.54, 1.807) is 19.1 Å². The molecule has 0 bridgehead atoms. The Kier molecular flexibility index (Phi) is 4.23. The number of hydrogen-bond acceptors (Lipinski definition) is 3. The maximum absolute atomic E-state index is 11.4. The average molecular weight is 272 g/mol. The highest BCUT2D eigenvalue weighted by atomic mass is 79.9. The molecule has 2 N–H and O–H groups in total. The molecule has 1 heterocycles. The second-order valence-corrected chi connectivity index (χ2v) is 3.63. The van der Waals surface area contributed by atoms with Crippen molar-refractivity contribution in [2.24, 2.45) is 0 Å². The van der Waals surface area contributed by atoms with Crippen LogP contribution in [0.1, 0.15) is 23.8 Å². The lowest BCUT2D eigenvalue weighted by atomic mass is 10.3. The molecular formula is C9H10BrN3O2. The maximum atomic E-state index is 11.4. The van der Waals surface area contributed by atoms with Gasteiger partial charge in [0.05, 0.1) is 0 Å². The third-order valence-electron chi connectivity index (χ3n) is 1.60. The molecule has 0 saturated carbocycles. The van der Waals surface area contributed by atoms with Crippen LogP contribution >= 0.6 is 15.9 Å². The molecule has 0 spiro atoms. The highest BCUT2D eigenvalue weighted by molar-refractivity contribution is 9.10. The first-order valence-corrected chi connectivity index (χ1v) is 5.13. The maximum Gasteiger partial charge on any atom is 0.288 e. The van der Waals surface area contributed by atoms with Gasteiger partial charge in [-0.25, -0.2) is 4.98 Å². The van der Waals surface area contributed by atoms with E-state index in [-0.39, 0.29) is 11.6 Å². The molecule has 0 aromatic carbocycles. The van der Waals surface area contributed by atoms with Gasteiger partial charge < -0.3 is 0 Å². The molecule has 0 radical (unpaired) electrons. The molecule has 0 unspecified atom stereocenters. The molecule has 0 aliphatic carbocycles. The molecule has 1 aromatic rings. The second-order valence-electron chi connectivity index (χ2n) is 2.72. The number of amides is 2. The number of rotatable bonds is 2. The predicted molar refractivity (Wildman–Crippen MR) is 57.8 cm³/mol. The van der Waals surface area contributed by atoms with Gasteiger partial charge in [0.15, 0.2) is 0 Å². The first-order valence-electron chi connectivity index (χ1n) is 4.34. The van der Waals surface area contributed by atoms with Gasteiger partial charge in [-0.05, 0) is 28.1 Å². The molecule has 5 nitrogen and oxygen atoms in total. The van der Waals surface area contributed by atoms with E-state index in [1.165, 1.54) is 6.20 Å². The minimum absolute atomic E-state index is 0.245. The lowest BCUT2D eigenvalue weighted by Crippen LogP contribution is -2.41.